The molecule has 0 radical (unpaired) electrons. The number of ether oxygens (including phenoxy) is 3. The SMILES string of the molecule is CCCCCCCCCCCCCCCCCC(=O)O[C@@H](COC(=O)CCCCCCCCCCCCCC)COC(=O)CCCCCCCCCCCCCCCCCCCCC(C)C. The molecule has 0 aromatic rings. The first-order chi connectivity index (χ1) is 32.4. The maximum Gasteiger partial charge on any atom is 0.306 e. The van der Waals surface area contributed by atoms with Crippen molar-refractivity contribution in [3.05, 3.63) is 0 Å². The number of rotatable bonds is 55. The lowest BCUT2D eigenvalue weighted by Crippen LogP contribution is -2.30. The Balaban J connectivity index is 4.23. The standard InChI is InChI=1S/C60H116O6/c1-5-7-9-11-13-15-17-19-24-29-33-37-41-45-49-53-60(63)66-57(54-64-58(61)51-47-43-39-35-31-18-16-14-12-10-8-6-2)55-65-59(62)52-48-44-40-36-32-28-26-23-21-20-22-25-27-30-34-38-42-46-50-56(3)4/h56-57H,5-55H2,1-4H3/t57-/m0/s1. The van der Waals surface area contributed by atoms with E-state index in [9.17, 15) is 14.4 Å². The highest BCUT2D eigenvalue weighted by atomic mass is 16.6. The third-order valence-corrected chi connectivity index (χ3v) is 13.8. The van der Waals surface area contributed by atoms with Crippen LogP contribution < -0.4 is 0 Å². The average Bonchev–Trinajstić information content (AvgIpc) is 3.30. The van der Waals surface area contributed by atoms with Crippen molar-refractivity contribution < 1.29 is 28.6 Å². The molecule has 0 saturated heterocycles. The number of hydrogen-bond acceptors (Lipinski definition) is 6. The summed E-state index contributed by atoms with van der Waals surface area (Å²) in [5, 5.41) is 0. The van der Waals surface area contributed by atoms with E-state index < -0.39 is 6.10 Å². The molecular weight excluding hydrogens is 817 g/mol. The minimum absolute atomic E-state index is 0.0615. The van der Waals surface area contributed by atoms with Gasteiger partial charge in [0.05, 0.1) is 0 Å². The number of carbonyl (C=O) groups excluding carboxylic acids is 3. The van der Waals surface area contributed by atoms with Gasteiger partial charge in [-0.05, 0) is 25.2 Å². The molecule has 0 aliphatic heterocycles. The van der Waals surface area contributed by atoms with E-state index in [1.807, 2.05) is 0 Å². The number of esters is 3. The van der Waals surface area contributed by atoms with Gasteiger partial charge in [0.15, 0.2) is 6.10 Å². The van der Waals surface area contributed by atoms with Gasteiger partial charge in [0.25, 0.3) is 0 Å². The highest BCUT2D eigenvalue weighted by Crippen LogP contribution is 2.18. The second-order valence-corrected chi connectivity index (χ2v) is 21.1. The first-order valence-electron chi connectivity index (χ1n) is 29.9. The molecule has 1 atom stereocenters. The molecule has 6 heteroatoms. The summed E-state index contributed by atoms with van der Waals surface area (Å²) in [4.78, 5) is 38.1. The summed E-state index contributed by atoms with van der Waals surface area (Å²) in [5.74, 6) is 0.0260. The topological polar surface area (TPSA) is 78.9 Å². The molecule has 0 heterocycles. The molecule has 0 saturated carbocycles. The summed E-state index contributed by atoms with van der Waals surface area (Å²) >= 11 is 0. The van der Waals surface area contributed by atoms with Gasteiger partial charge in [-0.1, -0.05) is 304 Å². The van der Waals surface area contributed by atoms with Gasteiger partial charge in [-0.3, -0.25) is 14.4 Å². The zero-order chi connectivity index (χ0) is 48.1. The first kappa shape index (κ1) is 64.4. The van der Waals surface area contributed by atoms with E-state index in [1.54, 1.807) is 0 Å². The van der Waals surface area contributed by atoms with Crippen LogP contribution in [0.4, 0.5) is 0 Å². The predicted molar refractivity (Wildman–Crippen MR) is 284 cm³/mol. The van der Waals surface area contributed by atoms with Gasteiger partial charge in [0.1, 0.15) is 13.2 Å². The Kier molecular flexibility index (Phi) is 53.0. The molecule has 0 aliphatic rings. The van der Waals surface area contributed by atoms with Gasteiger partial charge >= 0.3 is 17.9 Å². The van der Waals surface area contributed by atoms with Gasteiger partial charge in [0.2, 0.25) is 0 Å². The summed E-state index contributed by atoms with van der Waals surface area (Å²) < 4.78 is 16.9. The van der Waals surface area contributed by atoms with Gasteiger partial charge in [-0.2, -0.15) is 0 Å². The Morgan fingerprint density at radius 2 is 0.500 bits per heavy atom. The van der Waals surface area contributed by atoms with Crippen LogP contribution in [-0.4, -0.2) is 37.2 Å². The molecule has 0 amide bonds. The fourth-order valence-corrected chi connectivity index (χ4v) is 9.28. The van der Waals surface area contributed by atoms with Crippen molar-refractivity contribution in [2.75, 3.05) is 13.2 Å². The van der Waals surface area contributed by atoms with Crippen molar-refractivity contribution >= 4 is 17.9 Å². The molecule has 0 bridgehead atoms. The largest absolute Gasteiger partial charge is 0.462 e. The van der Waals surface area contributed by atoms with Crippen molar-refractivity contribution in [3.63, 3.8) is 0 Å². The van der Waals surface area contributed by atoms with Crippen LogP contribution in [0, 0.1) is 5.92 Å². The minimum atomic E-state index is -0.761. The van der Waals surface area contributed by atoms with E-state index >= 15 is 0 Å². The Bertz CT molecular complexity index is 996. The Hall–Kier alpha value is -1.59. The van der Waals surface area contributed by atoms with Gasteiger partial charge in [-0.15, -0.1) is 0 Å². The van der Waals surface area contributed by atoms with E-state index in [0.29, 0.717) is 19.3 Å². The van der Waals surface area contributed by atoms with E-state index in [2.05, 4.69) is 27.7 Å². The van der Waals surface area contributed by atoms with E-state index in [4.69, 9.17) is 14.2 Å². The highest BCUT2D eigenvalue weighted by Gasteiger charge is 2.19. The fraction of sp³-hybridized carbons (Fsp3) is 0.950. The second-order valence-electron chi connectivity index (χ2n) is 21.1. The Labute approximate surface area is 412 Å². The molecule has 0 unspecified atom stereocenters. The van der Waals surface area contributed by atoms with Crippen LogP contribution in [0.1, 0.15) is 342 Å². The summed E-state index contributed by atoms with van der Waals surface area (Å²) in [6.45, 7) is 9.08. The second kappa shape index (κ2) is 54.4. The molecular formula is C60H116O6. The maximum absolute atomic E-state index is 12.8. The third-order valence-electron chi connectivity index (χ3n) is 13.8. The summed E-state index contributed by atoms with van der Waals surface area (Å²) in [5.41, 5.74) is 0. The molecule has 66 heavy (non-hydrogen) atoms. The molecule has 0 aliphatic carbocycles. The van der Waals surface area contributed by atoms with Crippen LogP contribution in [-0.2, 0) is 28.6 Å². The van der Waals surface area contributed by atoms with Crippen LogP contribution in [0.25, 0.3) is 0 Å². The van der Waals surface area contributed by atoms with Crippen LogP contribution in [0.15, 0.2) is 0 Å². The number of carbonyl (C=O) groups is 3. The zero-order valence-corrected chi connectivity index (χ0v) is 45.2. The van der Waals surface area contributed by atoms with Crippen LogP contribution >= 0.6 is 0 Å². The van der Waals surface area contributed by atoms with Crippen LogP contribution in [0.5, 0.6) is 0 Å². The molecule has 0 spiro atoms. The van der Waals surface area contributed by atoms with Crippen molar-refractivity contribution in [1.82, 2.24) is 0 Å². The molecule has 0 N–H and O–H groups in total. The van der Waals surface area contributed by atoms with Crippen molar-refractivity contribution in [3.8, 4) is 0 Å². The van der Waals surface area contributed by atoms with Gasteiger partial charge in [-0.25, -0.2) is 0 Å². The van der Waals surface area contributed by atoms with Crippen molar-refractivity contribution in [1.29, 1.82) is 0 Å². The number of hydrogen-bond donors (Lipinski definition) is 0. The molecule has 0 aromatic carbocycles. The zero-order valence-electron chi connectivity index (χ0n) is 45.2. The van der Waals surface area contributed by atoms with Crippen molar-refractivity contribution in [2.24, 2.45) is 5.92 Å². The predicted octanol–water partition coefficient (Wildman–Crippen LogP) is 19.8. The van der Waals surface area contributed by atoms with E-state index in [0.717, 1.165) is 63.7 Å². The maximum atomic E-state index is 12.8. The molecule has 6 nitrogen and oxygen atoms in total. The lowest BCUT2D eigenvalue weighted by Gasteiger charge is -2.18. The highest BCUT2D eigenvalue weighted by molar-refractivity contribution is 5.71. The normalized spacial score (nSPS) is 12.0. The summed E-state index contributed by atoms with van der Waals surface area (Å²) in [6.07, 6.45) is 59.5. The molecule has 0 fully saturated rings. The van der Waals surface area contributed by atoms with Crippen LogP contribution in [0.3, 0.4) is 0 Å². The average molecular weight is 934 g/mol. The smallest absolute Gasteiger partial charge is 0.306 e. The van der Waals surface area contributed by atoms with Gasteiger partial charge in [0, 0.05) is 19.3 Å². The Morgan fingerprint density at radius 1 is 0.288 bits per heavy atom. The van der Waals surface area contributed by atoms with Gasteiger partial charge < -0.3 is 14.2 Å². The third kappa shape index (κ3) is 53.4. The van der Waals surface area contributed by atoms with Crippen LogP contribution in [0.2, 0.25) is 0 Å². The van der Waals surface area contributed by atoms with E-state index in [-0.39, 0.29) is 31.1 Å². The number of unbranched alkanes of at least 4 members (excludes halogenated alkanes) is 42. The first-order valence-corrected chi connectivity index (χ1v) is 29.9. The lowest BCUT2D eigenvalue weighted by atomic mass is 10.0. The fourth-order valence-electron chi connectivity index (χ4n) is 9.28. The Morgan fingerprint density at radius 3 is 0.742 bits per heavy atom. The summed E-state index contributed by atoms with van der Waals surface area (Å²) in [6, 6.07) is 0. The van der Waals surface area contributed by atoms with Crippen molar-refractivity contribution in [2.45, 2.75) is 348 Å². The van der Waals surface area contributed by atoms with E-state index in [1.165, 1.54) is 238 Å². The lowest BCUT2D eigenvalue weighted by molar-refractivity contribution is -0.167. The molecule has 0 rings (SSSR count). The monoisotopic (exact) mass is 933 g/mol. The quantitative estimate of drug-likeness (QED) is 0.0343. The summed E-state index contributed by atoms with van der Waals surface area (Å²) in [7, 11) is 0. The molecule has 0 aromatic heterocycles. The molecule has 392 valence electrons. The minimum Gasteiger partial charge on any atom is -0.462 e.